The monoisotopic (exact) mass is 428 g/mol. The van der Waals surface area contributed by atoms with Crippen molar-refractivity contribution < 1.29 is 4.79 Å². The molecule has 1 aliphatic heterocycles. The second kappa shape index (κ2) is 9.83. The van der Waals surface area contributed by atoms with Gasteiger partial charge < -0.3 is 10.6 Å². The summed E-state index contributed by atoms with van der Waals surface area (Å²) in [4.78, 5) is 15.0. The van der Waals surface area contributed by atoms with Crippen molar-refractivity contribution in [1.29, 1.82) is 0 Å². The number of rotatable bonds is 3. The molecule has 31 heavy (non-hydrogen) atoms. The molecule has 4 rings (SSSR count). The molecule has 4 heteroatoms. The third kappa shape index (κ3) is 5.35. The molecular weight excluding hydrogens is 404 g/mol. The molecule has 0 bridgehead atoms. The van der Waals surface area contributed by atoms with Gasteiger partial charge in [-0.3, -0.25) is 4.79 Å². The summed E-state index contributed by atoms with van der Waals surface area (Å²) in [7, 11) is 0. The Kier molecular flexibility index (Phi) is 6.72. The fraction of sp³-hybridized carbons (Fsp3) is 0.222. The number of piperidine rings is 1. The molecule has 0 saturated carbocycles. The van der Waals surface area contributed by atoms with Crippen molar-refractivity contribution in [2.45, 2.75) is 25.3 Å². The number of carbonyl (C=O) groups is 1. The molecule has 2 N–H and O–H groups in total. The molecule has 0 spiro atoms. The van der Waals surface area contributed by atoms with Gasteiger partial charge in [-0.15, -0.1) is 0 Å². The van der Waals surface area contributed by atoms with Gasteiger partial charge in [-0.1, -0.05) is 53.8 Å². The Morgan fingerprint density at radius 2 is 1.65 bits per heavy atom. The second-order valence-electron chi connectivity index (χ2n) is 7.85. The SMILES string of the molecule is NCc1cccc(C2CCN(C(=O)c3cccc(C#Cc4ccc(Cl)cc4)c3)CC2)c1. The Bertz CT molecular complexity index is 1120. The maximum absolute atomic E-state index is 13.1. The van der Waals surface area contributed by atoms with Crippen molar-refractivity contribution in [3.8, 4) is 11.8 Å². The van der Waals surface area contributed by atoms with Crippen LogP contribution in [0, 0.1) is 11.8 Å². The van der Waals surface area contributed by atoms with Gasteiger partial charge in [0.25, 0.3) is 5.91 Å². The molecule has 1 amide bonds. The topological polar surface area (TPSA) is 46.3 Å². The van der Waals surface area contributed by atoms with Crippen LogP contribution in [0.3, 0.4) is 0 Å². The molecule has 0 aromatic heterocycles. The standard InChI is InChI=1S/C27H25ClN2O/c28-26-11-9-20(10-12-26)7-8-21-3-1-6-25(17-21)27(31)30-15-13-23(14-16-30)24-5-2-4-22(18-24)19-29/h1-6,9-12,17-18,23H,13-16,19,29H2. The number of hydrogen-bond donors (Lipinski definition) is 1. The Labute approximate surface area is 188 Å². The highest BCUT2D eigenvalue weighted by atomic mass is 35.5. The van der Waals surface area contributed by atoms with Crippen LogP contribution in [-0.2, 0) is 6.54 Å². The first-order valence-corrected chi connectivity index (χ1v) is 11.0. The molecule has 1 aliphatic rings. The average molecular weight is 429 g/mol. The maximum Gasteiger partial charge on any atom is 0.253 e. The zero-order valence-corrected chi connectivity index (χ0v) is 18.1. The van der Waals surface area contributed by atoms with Gasteiger partial charge in [0.15, 0.2) is 0 Å². The van der Waals surface area contributed by atoms with E-state index in [2.05, 4.69) is 36.1 Å². The number of benzene rings is 3. The van der Waals surface area contributed by atoms with E-state index >= 15 is 0 Å². The number of halogens is 1. The molecule has 1 fully saturated rings. The van der Waals surface area contributed by atoms with Crippen LogP contribution >= 0.6 is 11.6 Å². The van der Waals surface area contributed by atoms with E-state index in [4.69, 9.17) is 17.3 Å². The van der Waals surface area contributed by atoms with Crippen LogP contribution in [0.2, 0.25) is 5.02 Å². The van der Waals surface area contributed by atoms with E-state index < -0.39 is 0 Å². The van der Waals surface area contributed by atoms with Gasteiger partial charge in [0.2, 0.25) is 0 Å². The van der Waals surface area contributed by atoms with Crippen molar-refractivity contribution in [2.24, 2.45) is 5.73 Å². The van der Waals surface area contributed by atoms with E-state index in [-0.39, 0.29) is 5.91 Å². The first kappa shape index (κ1) is 21.2. The number of nitrogens with two attached hydrogens (primary N) is 1. The zero-order valence-electron chi connectivity index (χ0n) is 17.4. The summed E-state index contributed by atoms with van der Waals surface area (Å²) in [5, 5.41) is 0.689. The summed E-state index contributed by atoms with van der Waals surface area (Å²) in [5.74, 6) is 6.82. The molecule has 3 nitrogen and oxygen atoms in total. The Hall–Kier alpha value is -3.06. The minimum absolute atomic E-state index is 0.0734. The van der Waals surface area contributed by atoms with Gasteiger partial charge in [0.1, 0.15) is 0 Å². The van der Waals surface area contributed by atoms with E-state index in [0.29, 0.717) is 23.0 Å². The number of likely N-dealkylation sites (tertiary alicyclic amines) is 1. The normalized spacial score (nSPS) is 14.1. The first-order valence-electron chi connectivity index (χ1n) is 10.6. The lowest BCUT2D eigenvalue weighted by molar-refractivity contribution is 0.0713. The van der Waals surface area contributed by atoms with Gasteiger partial charge in [-0.2, -0.15) is 0 Å². The van der Waals surface area contributed by atoms with Crippen LogP contribution in [0.4, 0.5) is 0 Å². The first-order chi connectivity index (χ1) is 15.1. The summed E-state index contributed by atoms with van der Waals surface area (Å²) in [6.07, 6.45) is 1.94. The highest BCUT2D eigenvalue weighted by Gasteiger charge is 2.24. The van der Waals surface area contributed by atoms with Gasteiger partial charge >= 0.3 is 0 Å². The lowest BCUT2D eigenvalue weighted by Crippen LogP contribution is -2.37. The Balaban J connectivity index is 1.41. The maximum atomic E-state index is 13.1. The summed E-state index contributed by atoms with van der Waals surface area (Å²) >= 11 is 5.92. The largest absolute Gasteiger partial charge is 0.339 e. The van der Waals surface area contributed by atoms with E-state index in [0.717, 1.165) is 42.6 Å². The molecule has 3 aromatic carbocycles. The summed E-state index contributed by atoms with van der Waals surface area (Å²) in [6.45, 7) is 2.08. The predicted octanol–water partition coefficient (Wildman–Crippen LogP) is 5.22. The third-order valence-corrected chi connectivity index (χ3v) is 6.00. The van der Waals surface area contributed by atoms with Crippen molar-refractivity contribution in [3.63, 3.8) is 0 Å². The zero-order chi connectivity index (χ0) is 21.6. The van der Waals surface area contributed by atoms with Crippen molar-refractivity contribution >= 4 is 17.5 Å². The molecule has 156 valence electrons. The number of amides is 1. The molecule has 1 saturated heterocycles. The second-order valence-corrected chi connectivity index (χ2v) is 8.29. The highest BCUT2D eigenvalue weighted by Crippen LogP contribution is 2.29. The molecule has 0 aliphatic carbocycles. The Morgan fingerprint density at radius 3 is 2.39 bits per heavy atom. The van der Waals surface area contributed by atoms with Crippen molar-refractivity contribution in [3.05, 3.63) is 106 Å². The van der Waals surface area contributed by atoms with E-state index in [9.17, 15) is 4.79 Å². The van der Waals surface area contributed by atoms with E-state index in [1.807, 2.05) is 53.4 Å². The van der Waals surface area contributed by atoms with Crippen LogP contribution in [0.1, 0.15) is 51.4 Å². The lowest BCUT2D eigenvalue weighted by Gasteiger charge is -2.32. The number of hydrogen-bond acceptors (Lipinski definition) is 2. The fourth-order valence-corrected chi connectivity index (χ4v) is 4.11. The van der Waals surface area contributed by atoms with Crippen LogP contribution in [0.5, 0.6) is 0 Å². The van der Waals surface area contributed by atoms with Crippen LogP contribution in [-0.4, -0.2) is 23.9 Å². The molecule has 1 heterocycles. The van der Waals surface area contributed by atoms with Gasteiger partial charge in [0, 0.05) is 41.3 Å². The van der Waals surface area contributed by atoms with Crippen LogP contribution in [0.25, 0.3) is 0 Å². The Morgan fingerprint density at radius 1 is 0.935 bits per heavy atom. The average Bonchev–Trinajstić information content (AvgIpc) is 2.83. The summed E-state index contributed by atoms with van der Waals surface area (Å²) < 4.78 is 0. The third-order valence-electron chi connectivity index (χ3n) is 5.75. The molecule has 0 unspecified atom stereocenters. The van der Waals surface area contributed by atoms with Gasteiger partial charge in [0.05, 0.1) is 0 Å². The van der Waals surface area contributed by atoms with Crippen molar-refractivity contribution in [1.82, 2.24) is 4.90 Å². The van der Waals surface area contributed by atoms with E-state index in [1.165, 1.54) is 5.56 Å². The van der Waals surface area contributed by atoms with Crippen molar-refractivity contribution in [2.75, 3.05) is 13.1 Å². The molecular formula is C27H25ClN2O. The summed E-state index contributed by atoms with van der Waals surface area (Å²) in [6, 6.07) is 23.5. The predicted molar refractivity (Wildman–Crippen MR) is 126 cm³/mol. The minimum atomic E-state index is 0.0734. The fourth-order valence-electron chi connectivity index (χ4n) is 3.98. The number of carbonyl (C=O) groups excluding carboxylic acids is 1. The van der Waals surface area contributed by atoms with Crippen LogP contribution < -0.4 is 5.73 Å². The smallest absolute Gasteiger partial charge is 0.253 e. The number of nitrogens with zero attached hydrogens (tertiary/aromatic N) is 1. The quantitative estimate of drug-likeness (QED) is 0.581. The van der Waals surface area contributed by atoms with E-state index in [1.54, 1.807) is 0 Å². The van der Waals surface area contributed by atoms with Gasteiger partial charge in [-0.25, -0.2) is 0 Å². The molecule has 0 atom stereocenters. The highest BCUT2D eigenvalue weighted by molar-refractivity contribution is 6.30. The minimum Gasteiger partial charge on any atom is -0.339 e. The van der Waals surface area contributed by atoms with Gasteiger partial charge in [-0.05, 0) is 72.4 Å². The van der Waals surface area contributed by atoms with Crippen LogP contribution in [0.15, 0.2) is 72.8 Å². The lowest BCUT2D eigenvalue weighted by atomic mass is 9.88. The molecule has 0 radical (unpaired) electrons. The summed E-state index contributed by atoms with van der Waals surface area (Å²) in [5.41, 5.74) is 10.7. The molecule has 3 aromatic rings.